The molecule has 0 aromatic heterocycles. The molecule has 1 fully saturated rings. The molecule has 1 saturated heterocycles. The van der Waals surface area contributed by atoms with E-state index in [0.717, 1.165) is 50.4 Å². The molecule has 4 heteroatoms. The lowest BCUT2D eigenvalue weighted by molar-refractivity contribution is -0.121. The Bertz CT molecular complexity index is 915. The highest BCUT2D eigenvalue weighted by Crippen LogP contribution is 2.24. The van der Waals surface area contributed by atoms with Gasteiger partial charge in [-0.1, -0.05) is 78.9 Å². The standard InChI is InChI=1S/C26H29N3O/c30-26(27-24-15-8-3-9-16-24)25(23-13-6-2-7-14-23)29-18-10-17-28(19-20-29)21-22-11-4-1-5-12-22/h1-9,11-16,25H,10,17-21H2,(H,27,30). The molecule has 0 bridgehead atoms. The van der Waals surface area contributed by atoms with Gasteiger partial charge in [0.05, 0.1) is 0 Å². The van der Waals surface area contributed by atoms with Crippen molar-refractivity contribution in [1.29, 1.82) is 0 Å². The molecule has 4 nitrogen and oxygen atoms in total. The molecule has 1 amide bonds. The third-order valence-electron chi connectivity index (χ3n) is 5.64. The van der Waals surface area contributed by atoms with Crippen LogP contribution in [-0.4, -0.2) is 41.9 Å². The SMILES string of the molecule is O=C(Nc1ccccc1)C(c1ccccc1)N1CCCN(Cc2ccccc2)CC1. The number of benzene rings is 3. The molecule has 3 aromatic rings. The van der Waals surface area contributed by atoms with E-state index < -0.39 is 0 Å². The van der Waals surface area contributed by atoms with Crippen LogP contribution in [0.15, 0.2) is 91.0 Å². The van der Waals surface area contributed by atoms with Crippen LogP contribution >= 0.6 is 0 Å². The smallest absolute Gasteiger partial charge is 0.246 e. The second kappa shape index (κ2) is 10.2. The van der Waals surface area contributed by atoms with Crippen LogP contribution < -0.4 is 5.32 Å². The van der Waals surface area contributed by atoms with Crippen LogP contribution in [0.5, 0.6) is 0 Å². The Balaban J connectivity index is 1.48. The number of para-hydroxylation sites is 1. The van der Waals surface area contributed by atoms with Gasteiger partial charge in [0.15, 0.2) is 0 Å². The lowest BCUT2D eigenvalue weighted by Crippen LogP contribution is -2.39. The van der Waals surface area contributed by atoms with Gasteiger partial charge < -0.3 is 5.32 Å². The molecule has 1 heterocycles. The molecule has 4 rings (SSSR count). The summed E-state index contributed by atoms with van der Waals surface area (Å²) in [6.45, 7) is 4.74. The first-order valence-electron chi connectivity index (χ1n) is 10.7. The minimum Gasteiger partial charge on any atom is -0.324 e. The van der Waals surface area contributed by atoms with Gasteiger partial charge in [-0.15, -0.1) is 0 Å². The molecule has 154 valence electrons. The molecule has 0 spiro atoms. The average Bonchev–Trinajstić information content (AvgIpc) is 3.02. The summed E-state index contributed by atoms with van der Waals surface area (Å²) >= 11 is 0. The number of rotatable bonds is 6. The predicted octanol–water partition coefficient (Wildman–Crippen LogP) is 4.57. The number of hydrogen-bond acceptors (Lipinski definition) is 3. The zero-order chi connectivity index (χ0) is 20.6. The van der Waals surface area contributed by atoms with Gasteiger partial charge >= 0.3 is 0 Å². The summed E-state index contributed by atoms with van der Waals surface area (Å²) in [6, 6.07) is 30.2. The Morgan fingerprint density at radius 1 is 0.767 bits per heavy atom. The van der Waals surface area contributed by atoms with E-state index >= 15 is 0 Å². The minimum atomic E-state index is -0.289. The van der Waals surface area contributed by atoms with E-state index in [1.807, 2.05) is 48.5 Å². The maximum atomic E-state index is 13.3. The first-order valence-corrected chi connectivity index (χ1v) is 10.7. The largest absolute Gasteiger partial charge is 0.324 e. The number of amides is 1. The molecule has 0 radical (unpaired) electrons. The lowest BCUT2D eigenvalue weighted by atomic mass is 10.0. The summed E-state index contributed by atoms with van der Waals surface area (Å²) in [5, 5.41) is 3.12. The molecule has 0 saturated carbocycles. The monoisotopic (exact) mass is 399 g/mol. The van der Waals surface area contributed by atoms with Gasteiger partial charge in [-0.25, -0.2) is 0 Å². The molecule has 1 aliphatic heterocycles. The van der Waals surface area contributed by atoms with E-state index in [1.165, 1.54) is 5.56 Å². The number of carbonyl (C=O) groups excluding carboxylic acids is 1. The molecular formula is C26H29N3O. The number of nitrogens with zero attached hydrogens (tertiary/aromatic N) is 2. The fraction of sp³-hybridized carbons (Fsp3) is 0.269. The Kier molecular flexibility index (Phi) is 6.91. The molecule has 30 heavy (non-hydrogen) atoms. The summed E-state index contributed by atoms with van der Waals surface area (Å²) < 4.78 is 0. The van der Waals surface area contributed by atoms with Crippen LogP contribution in [0.4, 0.5) is 5.69 Å². The summed E-state index contributed by atoms with van der Waals surface area (Å²) in [5.41, 5.74) is 3.22. The van der Waals surface area contributed by atoms with Crippen molar-refractivity contribution in [3.63, 3.8) is 0 Å². The third kappa shape index (κ3) is 5.35. The second-order valence-electron chi connectivity index (χ2n) is 7.82. The molecular weight excluding hydrogens is 370 g/mol. The quantitative estimate of drug-likeness (QED) is 0.659. The summed E-state index contributed by atoms with van der Waals surface area (Å²) in [7, 11) is 0. The highest BCUT2D eigenvalue weighted by Gasteiger charge is 2.29. The number of hydrogen-bond donors (Lipinski definition) is 1. The fourth-order valence-corrected chi connectivity index (χ4v) is 4.14. The second-order valence-corrected chi connectivity index (χ2v) is 7.82. The summed E-state index contributed by atoms with van der Waals surface area (Å²) in [4.78, 5) is 18.2. The van der Waals surface area contributed by atoms with Crippen LogP contribution in [-0.2, 0) is 11.3 Å². The average molecular weight is 400 g/mol. The van der Waals surface area contributed by atoms with Crippen molar-refractivity contribution >= 4 is 11.6 Å². The van der Waals surface area contributed by atoms with Crippen molar-refractivity contribution in [1.82, 2.24) is 9.80 Å². The highest BCUT2D eigenvalue weighted by atomic mass is 16.2. The van der Waals surface area contributed by atoms with E-state index in [9.17, 15) is 4.79 Å². The van der Waals surface area contributed by atoms with Gasteiger partial charge in [0.1, 0.15) is 6.04 Å². The minimum absolute atomic E-state index is 0.0314. The fourth-order valence-electron chi connectivity index (χ4n) is 4.14. The normalized spacial score (nSPS) is 16.5. The zero-order valence-electron chi connectivity index (χ0n) is 17.3. The van der Waals surface area contributed by atoms with Crippen LogP contribution in [0.25, 0.3) is 0 Å². The van der Waals surface area contributed by atoms with Gasteiger partial charge in [0.25, 0.3) is 0 Å². The van der Waals surface area contributed by atoms with Gasteiger partial charge in [-0.3, -0.25) is 14.6 Å². The van der Waals surface area contributed by atoms with Crippen molar-refractivity contribution in [2.24, 2.45) is 0 Å². The van der Waals surface area contributed by atoms with E-state index in [-0.39, 0.29) is 11.9 Å². The number of carbonyl (C=O) groups is 1. The van der Waals surface area contributed by atoms with Gasteiger partial charge in [0, 0.05) is 31.9 Å². The van der Waals surface area contributed by atoms with Gasteiger partial charge in [-0.05, 0) is 36.2 Å². The molecule has 1 unspecified atom stereocenters. The van der Waals surface area contributed by atoms with Crippen molar-refractivity contribution < 1.29 is 4.79 Å². The van der Waals surface area contributed by atoms with Crippen LogP contribution in [0.3, 0.4) is 0 Å². The first kappa shape index (κ1) is 20.3. The number of nitrogens with one attached hydrogen (secondary N) is 1. The van der Waals surface area contributed by atoms with Crippen molar-refractivity contribution in [2.75, 3.05) is 31.5 Å². The van der Waals surface area contributed by atoms with Gasteiger partial charge in [-0.2, -0.15) is 0 Å². The Labute approximate surface area is 179 Å². The van der Waals surface area contributed by atoms with Crippen LogP contribution in [0, 0.1) is 0 Å². The maximum absolute atomic E-state index is 13.3. The van der Waals surface area contributed by atoms with E-state index in [1.54, 1.807) is 0 Å². The molecule has 1 N–H and O–H groups in total. The molecule has 3 aromatic carbocycles. The highest BCUT2D eigenvalue weighted by molar-refractivity contribution is 5.95. The maximum Gasteiger partial charge on any atom is 0.246 e. The van der Waals surface area contributed by atoms with Crippen LogP contribution in [0.1, 0.15) is 23.6 Å². The number of anilines is 1. The summed E-state index contributed by atoms with van der Waals surface area (Å²) in [6.07, 6.45) is 1.05. The van der Waals surface area contributed by atoms with E-state index in [2.05, 4.69) is 57.6 Å². The van der Waals surface area contributed by atoms with Crippen molar-refractivity contribution in [3.05, 3.63) is 102 Å². The van der Waals surface area contributed by atoms with E-state index in [4.69, 9.17) is 0 Å². The molecule has 1 atom stereocenters. The predicted molar refractivity (Wildman–Crippen MR) is 122 cm³/mol. The Hall–Kier alpha value is -2.95. The Morgan fingerprint density at radius 2 is 1.40 bits per heavy atom. The zero-order valence-corrected chi connectivity index (χ0v) is 17.3. The topological polar surface area (TPSA) is 35.6 Å². The van der Waals surface area contributed by atoms with Crippen molar-refractivity contribution in [2.45, 2.75) is 19.0 Å². The van der Waals surface area contributed by atoms with Crippen LogP contribution in [0.2, 0.25) is 0 Å². The lowest BCUT2D eigenvalue weighted by Gasteiger charge is -2.30. The molecule has 0 aliphatic carbocycles. The first-order chi connectivity index (χ1) is 14.8. The van der Waals surface area contributed by atoms with Crippen molar-refractivity contribution in [3.8, 4) is 0 Å². The summed E-state index contributed by atoms with van der Waals surface area (Å²) in [5.74, 6) is 0.0314. The van der Waals surface area contributed by atoms with E-state index in [0.29, 0.717) is 0 Å². The Morgan fingerprint density at radius 3 is 2.10 bits per heavy atom. The third-order valence-corrected chi connectivity index (χ3v) is 5.64. The molecule has 1 aliphatic rings. The van der Waals surface area contributed by atoms with Gasteiger partial charge in [0.2, 0.25) is 5.91 Å².